The SMILES string of the molecule is C=C1C=C(C2CCC3(O)C4CC[C@H]5C6O[C@@]7(O)[C@H](O)CC(C)OC7(C)OC6CCC5(C)C4CCC23C)CO1. The molecule has 0 aromatic rings. The van der Waals surface area contributed by atoms with E-state index in [1.165, 1.54) is 5.57 Å². The molecule has 7 rings (SSSR count). The van der Waals surface area contributed by atoms with Crippen LogP contribution in [0.5, 0.6) is 0 Å². The number of ether oxygens (including phenoxy) is 4. The van der Waals surface area contributed by atoms with Crippen LogP contribution in [0.3, 0.4) is 0 Å². The Morgan fingerprint density at radius 1 is 0.895 bits per heavy atom. The van der Waals surface area contributed by atoms with Crippen molar-refractivity contribution in [3.8, 4) is 0 Å². The van der Waals surface area contributed by atoms with E-state index in [9.17, 15) is 15.3 Å². The lowest BCUT2D eigenvalue weighted by atomic mass is 9.42. The monoisotopic (exact) mass is 530 g/mol. The van der Waals surface area contributed by atoms with Gasteiger partial charge in [-0.2, -0.15) is 0 Å². The molecule has 0 aromatic heterocycles. The molecule has 3 aliphatic heterocycles. The lowest BCUT2D eigenvalue weighted by Crippen LogP contribution is -2.76. The highest BCUT2D eigenvalue weighted by molar-refractivity contribution is 5.31. The van der Waals surface area contributed by atoms with Crippen LogP contribution >= 0.6 is 0 Å². The van der Waals surface area contributed by atoms with E-state index in [-0.39, 0.29) is 41.0 Å². The molecule has 0 bridgehead atoms. The third-order valence-electron chi connectivity index (χ3n) is 12.9. The molecular formula is C31H46O7. The molecule has 3 N–H and O–H groups in total. The highest BCUT2D eigenvalue weighted by atomic mass is 16.8. The molecule has 0 spiro atoms. The summed E-state index contributed by atoms with van der Waals surface area (Å²) >= 11 is 0. The van der Waals surface area contributed by atoms with E-state index in [0.717, 1.165) is 57.1 Å². The van der Waals surface area contributed by atoms with Crippen LogP contribution in [0.15, 0.2) is 24.0 Å². The van der Waals surface area contributed by atoms with E-state index in [0.29, 0.717) is 24.9 Å². The van der Waals surface area contributed by atoms with E-state index in [2.05, 4.69) is 26.5 Å². The number of aliphatic hydroxyl groups excluding tert-OH is 1. The second kappa shape index (κ2) is 8.07. The smallest absolute Gasteiger partial charge is 0.248 e. The average Bonchev–Trinajstić information content (AvgIpc) is 3.39. The summed E-state index contributed by atoms with van der Waals surface area (Å²) in [7, 11) is 0. The van der Waals surface area contributed by atoms with Crippen LogP contribution in [-0.2, 0) is 18.9 Å². The van der Waals surface area contributed by atoms with Crippen molar-refractivity contribution in [1.82, 2.24) is 0 Å². The van der Waals surface area contributed by atoms with Crippen molar-refractivity contribution in [2.24, 2.45) is 34.5 Å². The first kappa shape index (κ1) is 26.0. The quantitative estimate of drug-likeness (QED) is 0.437. The Hall–Kier alpha value is -0.960. The molecule has 6 fully saturated rings. The summed E-state index contributed by atoms with van der Waals surface area (Å²) in [6.07, 6.45) is 8.27. The summed E-state index contributed by atoms with van der Waals surface area (Å²) < 4.78 is 24.8. The zero-order chi connectivity index (χ0) is 26.9. The minimum atomic E-state index is -1.89. The van der Waals surface area contributed by atoms with E-state index in [1.807, 2.05) is 6.92 Å². The molecule has 212 valence electrons. The lowest BCUT2D eigenvalue weighted by molar-refractivity contribution is -0.503. The van der Waals surface area contributed by atoms with E-state index >= 15 is 0 Å². The summed E-state index contributed by atoms with van der Waals surface area (Å²) in [5, 5.41) is 35.1. The molecular weight excluding hydrogens is 484 g/mol. The van der Waals surface area contributed by atoms with Crippen LogP contribution in [0.25, 0.3) is 0 Å². The van der Waals surface area contributed by atoms with Crippen LogP contribution in [0.2, 0.25) is 0 Å². The Morgan fingerprint density at radius 2 is 1.66 bits per heavy atom. The first-order valence-electron chi connectivity index (χ1n) is 15.0. The van der Waals surface area contributed by atoms with Gasteiger partial charge >= 0.3 is 0 Å². The molecule has 13 atom stereocenters. The van der Waals surface area contributed by atoms with Gasteiger partial charge in [0.15, 0.2) is 0 Å². The lowest BCUT2D eigenvalue weighted by Gasteiger charge is -2.67. The van der Waals surface area contributed by atoms with Gasteiger partial charge in [0.25, 0.3) is 0 Å². The zero-order valence-corrected chi connectivity index (χ0v) is 23.4. The topological polar surface area (TPSA) is 97.6 Å². The number of aliphatic hydroxyl groups is 3. The minimum absolute atomic E-state index is 0.0233. The molecule has 4 saturated carbocycles. The second-order valence-electron chi connectivity index (χ2n) is 14.4. The standard InChI is InChI=1S/C31H46O7/c1-17-14-19(16-35-17)20-9-13-30(33)22-6-7-23-26-24(10-11-27(23,3)21(22)8-12-28(20,30)4)37-29(5)31(34,38-26)25(32)15-18(2)36-29/h14,18,20-26,32-34H,1,6-13,15-16H2,2-5H3/t18?,20?,21?,22?,23-,24?,25+,26?,27?,28?,29?,30?,31-/m0/s1. The van der Waals surface area contributed by atoms with E-state index in [1.54, 1.807) is 6.92 Å². The highest BCUT2D eigenvalue weighted by Gasteiger charge is 2.72. The maximum absolute atomic E-state index is 12.6. The fourth-order valence-electron chi connectivity index (χ4n) is 10.9. The molecule has 2 saturated heterocycles. The van der Waals surface area contributed by atoms with Gasteiger partial charge in [-0.3, -0.25) is 0 Å². The summed E-state index contributed by atoms with van der Waals surface area (Å²) in [6.45, 7) is 12.9. The number of rotatable bonds is 1. The number of hydrogen-bond donors (Lipinski definition) is 3. The van der Waals surface area contributed by atoms with Crippen molar-refractivity contribution in [2.45, 2.75) is 127 Å². The average molecular weight is 531 g/mol. The predicted molar refractivity (Wildman–Crippen MR) is 140 cm³/mol. The summed E-state index contributed by atoms with van der Waals surface area (Å²) in [5.74, 6) is -1.36. The normalized spacial score (nSPS) is 59.6. The molecule has 38 heavy (non-hydrogen) atoms. The number of allylic oxidation sites excluding steroid dienone is 1. The Balaban J connectivity index is 1.17. The molecule has 0 aromatic carbocycles. The highest BCUT2D eigenvalue weighted by Crippen LogP contribution is 2.70. The second-order valence-corrected chi connectivity index (χ2v) is 14.4. The van der Waals surface area contributed by atoms with Crippen molar-refractivity contribution in [3.05, 3.63) is 24.0 Å². The van der Waals surface area contributed by atoms with Crippen LogP contribution in [0.1, 0.15) is 85.5 Å². The molecule has 7 heteroatoms. The van der Waals surface area contributed by atoms with Gasteiger partial charge < -0.3 is 34.3 Å². The van der Waals surface area contributed by atoms with Crippen LogP contribution in [-0.4, -0.2) is 63.5 Å². The third-order valence-corrected chi connectivity index (χ3v) is 12.9. The van der Waals surface area contributed by atoms with Crippen molar-refractivity contribution < 1.29 is 34.3 Å². The minimum Gasteiger partial charge on any atom is -0.490 e. The van der Waals surface area contributed by atoms with Crippen LogP contribution in [0.4, 0.5) is 0 Å². The maximum Gasteiger partial charge on any atom is 0.248 e. The molecule has 7 nitrogen and oxygen atoms in total. The van der Waals surface area contributed by atoms with E-state index in [4.69, 9.17) is 18.9 Å². The van der Waals surface area contributed by atoms with Crippen LogP contribution < -0.4 is 0 Å². The van der Waals surface area contributed by atoms with Gasteiger partial charge in [-0.05, 0) is 106 Å². The molecule has 0 amide bonds. The Labute approximate surface area is 226 Å². The van der Waals surface area contributed by atoms with Gasteiger partial charge in [0, 0.05) is 11.8 Å². The van der Waals surface area contributed by atoms with Crippen molar-refractivity contribution in [3.63, 3.8) is 0 Å². The van der Waals surface area contributed by atoms with E-state index < -0.39 is 23.3 Å². The molecule has 7 aliphatic rings. The van der Waals surface area contributed by atoms with Gasteiger partial charge in [-0.1, -0.05) is 20.4 Å². The first-order valence-corrected chi connectivity index (χ1v) is 15.0. The van der Waals surface area contributed by atoms with Gasteiger partial charge in [0.05, 0.1) is 23.9 Å². The van der Waals surface area contributed by atoms with Gasteiger partial charge in [-0.15, -0.1) is 0 Å². The third kappa shape index (κ3) is 3.12. The zero-order valence-electron chi connectivity index (χ0n) is 23.4. The van der Waals surface area contributed by atoms with Crippen molar-refractivity contribution >= 4 is 0 Å². The van der Waals surface area contributed by atoms with Crippen molar-refractivity contribution in [2.75, 3.05) is 6.61 Å². The van der Waals surface area contributed by atoms with Crippen molar-refractivity contribution in [1.29, 1.82) is 0 Å². The molecule has 10 unspecified atom stereocenters. The van der Waals surface area contributed by atoms with Gasteiger partial charge in [0.2, 0.25) is 11.6 Å². The van der Waals surface area contributed by atoms with Gasteiger partial charge in [0.1, 0.15) is 18.5 Å². The van der Waals surface area contributed by atoms with Gasteiger partial charge in [-0.25, -0.2) is 0 Å². The Kier molecular flexibility index (Phi) is 5.52. The molecule has 3 heterocycles. The fourth-order valence-corrected chi connectivity index (χ4v) is 10.9. The largest absolute Gasteiger partial charge is 0.490 e. The molecule has 4 aliphatic carbocycles. The predicted octanol–water partition coefficient (Wildman–Crippen LogP) is 4.20. The Morgan fingerprint density at radius 3 is 2.39 bits per heavy atom. The Bertz CT molecular complexity index is 1060. The number of fused-ring (bicyclic) bond motifs is 8. The summed E-state index contributed by atoms with van der Waals surface area (Å²) in [4.78, 5) is 0. The first-order chi connectivity index (χ1) is 17.8. The maximum atomic E-state index is 12.6. The fraction of sp³-hybridized carbons (Fsp3) is 0.871. The number of hydrogen-bond acceptors (Lipinski definition) is 7. The van der Waals surface area contributed by atoms with Crippen LogP contribution in [0, 0.1) is 34.5 Å². The summed E-state index contributed by atoms with van der Waals surface area (Å²) in [5.41, 5.74) is 0.430. The summed E-state index contributed by atoms with van der Waals surface area (Å²) in [6, 6.07) is 0. The molecule has 0 radical (unpaired) electrons.